The van der Waals surface area contributed by atoms with E-state index < -0.39 is 0 Å². The van der Waals surface area contributed by atoms with Crippen molar-refractivity contribution in [3.63, 3.8) is 0 Å². The molecule has 3 heteroatoms. The number of ether oxygens (including phenoxy) is 1. The Labute approximate surface area is 151 Å². The molecule has 3 aromatic carbocycles. The van der Waals surface area contributed by atoms with Crippen LogP contribution in [-0.2, 0) is 0 Å². The molecule has 1 aromatic heterocycles. The molecule has 0 aliphatic heterocycles. The van der Waals surface area contributed by atoms with Crippen molar-refractivity contribution in [3.8, 4) is 33.0 Å². The molecule has 0 radical (unpaired) electrons. The predicted molar refractivity (Wildman–Crippen MR) is 103 cm³/mol. The summed E-state index contributed by atoms with van der Waals surface area (Å²) < 4.78 is 7.73. The third kappa shape index (κ3) is 3.06. The van der Waals surface area contributed by atoms with Crippen LogP contribution in [0.25, 0.3) is 27.3 Å². The highest BCUT2D eigenvalue weighted by atomic mass is 32.1. The Morgan fingerprint density at radius 2 is 1.32 bits per heavy atom. The van der Waals surface area contributed by atoms with Gasteiger partial charge in [-0.15, -0.1) is 0 Å². The highest BCUT2D eigenvalue weighted by Gasteiger charge is 2.23. The van der Waals surface area contributed by atoms with Crippen LogP contribution < -0.4 is 8.69 Å². The average Bonchev–Trinajstić information content (AvgIpc) is 3.14. The Morgan fingerprint density at radius 1 is 0.720 bits per heavy atom. The van der Waals surface area contributed by atoms with E-state index in [-0.39, 0.29) is 0 Å². The molecule has 0 atom stereocenters. The van der Waals surface area contributed by atoms with Crippen molar-refractivity contribution < 1.29 is 8.69 Å². The fourth-order valence-corrected chi connectivity index (χ4v) is 4.02. The number of hydrogen-bond donors (Lipinski definition) is 0. The Balaban J connectivity index is 1.93. The maximum Gasteiger partial charge on any atom is 0.266 e. The van der Waals surface area contributed by atoms with Gasteiger partial charge in [0.1, 0.15) is 16.4 Å². The second-order valence-corrected chi connectivity index (χ2v) is 6.68. The standard InChI is InChI=1S/C22H18NOS/c1-24-21-15-9-8-14-20(21)23-16-19(17-10-4-2-5-11-17)22(25-23)18-12-6-3-7-13-18/h2-16H,1H3/q+1. The van der Waals surface area contributed by atoms with E-state index >= 15 is 0 Å². The van der Waals surface area contributed by atoms with Gasteiger partial charge in [0.25, 0.3) is 5.69 Å². The molecule has 0 saturated carbocycles. The van der Waals surface area contributed by atoms with Crippen LogP contribution in [0.2, 0.25) is 0 Å². The molecule has 0 aliphatic rings. The van der Waals surface area contributed by atoms with Gasteiger partial charge in [-0.1, -0.05) is 76.8 Å². The summed E-state index contributed by atoms with van der Waals surface area (Å²) in [6, 6.07) is 29.1. The minimum atomic E-state index is 0.868. The van der Waals surface area contributed by atoms with Crippen LogP contribution in [0, 0.1) is 0 Å². The normalized spacial score (nSPS) is 10.6. The van der Waals surface area contributed by atoms with E-state index in [0.29, 0.717) is 0 Å². The quantitative estimate of drug-likeness (QED) is 0.454. The molecular weight excluding hydrogens is 326 g/mol. The van der Waals surface area contributed by atoms with Crippen LogP contribution in [0.1, 0.15) is 0 Å². The summed E-state index contributed by atoms with van der Waals surface area (Å²) in [6.07, 6.45) is 2.19. The SMILES string of the molecule is COc1ccccc1-[n+]1cc(-c2ccccc2)c(-c2ccccc2)s1. The summed E-state index contributed by atoms with van der Waals surface area (Å²) in [4.78, 5) is 1.25. The molecule has 0 unspecified atom stereocenters. The average molecular weight is 344 g/mol. The second-order valence-electron chi connectivity index (χ2n) is 5.69. The van der Waals surface area contributed by atoms with E-state index in [1.807, 2.05) is 30.3 Å². The Hall–Kier alpha value is -2.91. The molecule has 1 heterocycles. The lowest BCUT2D eigenvalue weighted by molar-refractivity contribution is -0.520. The van der Waals surface area contributed by atoms with Crippen LogP contribution in [0.15, 0.2) is 91.1 Å². The molecule has 0 spiro atoms. The Kier molecular flexibility index (Phi) is 4.32. The monoisotopic (exact) mass is 344 g/mol. The van der Waals surface area contributed by atoms with Gasteiger partial charge < -0.3 is 4.74 Å². The summed E-state index contributed by atoms with van der Waals surface area (Å²) in [5.74, 6) is 0.868. The number of benzene rings is 3. The fourth-order valence-electron chi connectivity index (χ4n) is 2.90. The van der Waals surface area contributed by atoms with Gasteiger partial charge in [-0.2, -0.15) is 0 Å². The smallest absolute Gasteiger partial charge is 0.266 e. The number of hydrogen-bond acceptors (Lipinski definition) is 2. The molecule has 0 fully saturated rings. The molecular formula is C22H18NOS+. The van der Waals surface area contributed by atoms with Gasteiger partial charge in [-0.05, 0) is 17.2 Å². The first-order chi connectivity index (χ1) is 12.4. The molecule has 0 saturated heterocycles. The molecule has 122 valence electrons. The van der Waals surface area contributed by atoms with Crippen molar-refractivity contribution in [3.05, 3.63) is 91.1 Å². The van der Waals surface area contributed by atoms with Crippen LogP contribution in [0.4, 0.5) is 0 Å². The number of rotatable bonds is 4. The summed E-state index contributed by atoms with van der Waals surface area (Å²) in [5.41, 5.74) is 4.71. The zero-order valence-electron chi connectivity index (χ0n) is 13.9. The second kappa shape index (κ2) is 6.91. The van der Waals surface area contributed by atoms with Gasteiger partial charge >= 0.3 is 0 Å². The molecule has 0 bridgehead atoms. The summed E-state index contributed by atoms with van der Waals surface area (Å²) >= 11 is 1.73. The van der Waals surface area contributed by atoms with Gasteiger partial charge in [0.15, 0.2) is 11.9 Å². The minimum absolute atomic E-state index is 0.868. The zero-order chi connectivity index (χ0) is 17.1. The minimum Gasteiger partial charge on any atom is -0.490 e. The molecule has 0 amide bonds. The largest absolute Gasteiger partial charge is 0.490 e. The van der Waals surface area contributed by atoms with Gasteiger partial charge in [0.2, 0.25) is 0 Å². The molecule has 4 rings (SSSR count). The van der Waals surface area contributed by atoms with E-state index in [1.165, 1.54) is 21.6 Å². The lowest BCUT2D eigenvalue weighted by atomic mass is 10.0. The van der Waals surface area contributed by atoms with E-state index in [2.05, 4.69) is 64.8 Å². The maximum atomic E-state index is 5.55. The van der Waals surface area contributed by atoms with Gasteiger partial charge in [-0.25, -0.2) is 0 Å². The molecule has 25 heavy (non-hydrogen) atoms. The van der Waals surface area contributed by atoms with E-state index in [0.717, 1.165) is 11.4 Å². The summed E-state index contributed by atoms with van der Waals surface area (Å²) in [5, 5.41) is 0. The predicted octanol–water partition coefficient (Wildman–Crippen LogP) is 5.37. The lowest BCUT2D eigenvalue weighted by Crippen LogP contribution is -2.24. The third-order valence-corrected chi connectivity index (χ3v) is 5.26. The molecule has 2 nitrogen and oxygen atoms in total. The highest BCUT2D eigenvalue weighted by molar-refractivity contribution is 7.06. The summed E-state index contributed by atoms with van der Waals surface area (Å²) in [6.45, 7) is 0. The van der Waals surface area contributed by atoms with Crippen LogP contribution >= 0.6 is 11.5 Å². The van der Waals surface area contributed by atoms with Crippen molar-refractivity contribution in [1.29, 1.82) is 0 Å². The van der Waals surface area contributed by atoms with Crippen LogP contribution in [-0.4, -0.2) is 7.11 Å². The topological polar surface area (TPSA) is 13.1 Å². The van der Waals surface area contributed by atoms with Crippen molar-refractivity contribution >= 4 is 11.5 Å². The number of para-hydroxylation sites is 2. The van der Waals surface area contributed by atoms with Crippen molar-refractivity contribution in [2.75, 3.05) is 7.11 Å². The van der Waals surface area contributed by atoms with Crippen LogP contribution in [0.3, 0.4) is 0 Å². The van der Waals surface area contributed by atoms with E-state index in [1.54, 1.807) is 18.6 Å². The first-order valence-corrected chi connectivity index (χ1v) is 8.94. The third-order valence-electron chi connectivity index (χ3n) is 4.12. The van der Waals surface area contributed by atoms with Gasteiger partial charge in [0.05, 0.1) is 12.7 Å². The van der Waals surface area contributed by atoms with Gasteiger partial charge in [0, 0.05) is 6.07 Å². The van der Waals surface area contributed by atoms with E-state index in [9.17, 15) is 0 Å². The molecule has 0 N–H and O–H groups in total. The number of aromatic nitrogens is 1. The number of methoxy groups -OCH3 is 1. The highest BCUT2D eigenvalue weighted by Crippen LogP contribution is 2.35. The fraction of sp³-hybridized carbons (Fsp3) is 0.0455. The number of nitrogens with zero attached hydrogens (tertiary/aromatic N) is 1. The molecule has 4 aromatic rings. The van der Waals surface area contributed by atoms with Crippen molar-refractivity contribution in [2.24, 2.45) is 0 Å². The van der Waals surface area contributed by atoms with Crippen LogP contribution in [0.5, 0.6) is 5.75 Å². The van der Waals surface area contributed by atoms with Gasteiger partial charge in [-0.3, -0.25) is 0 Å². The van der Waals surface area contributed by atoms with Crippen molar-refractivity contribution in [1.82, 2.24) is 0 Å². The maximum absolute atomic E-state index is 5.55. The summed E-state index contributed by atoms with van der Waals surface area (Å²) in [7, 11) is 1.71. The van der Waals surface area contributed by atoms with Crippen molar-refractivity contribution in [2.45, 2.75) is 0 Å². The lowest BCUT2D eigenvalue weighted by Gasteiger charge is -1.99. The molecule has 0 aliphatic carbocycles. The first-order valence-electron chi connectivity index (χ1n) is 8.17. The zero-order valence-corrected chi connectivity index (χ0v) is 14.7. The van der Waals surface area contributed by atoms with E-state index in [4.69, 9.17) is 4.74 Å². The Bertz CT molecular complexity index is 920. The first kappa shape index (κ1) is 15.6. The Morgan fingerprint density at radius 3 is 2.00 bits per heavy atom.